The quantitative estimate of drug-likeness (QED) is 0.876. The zero-order valence-corrected chi connectivity index (χ0v) is 10.3. The fourth-order valence-electron chi connectivity index (χ4n) is 1.62. The number of hydrogen-bond donors (Lipinski definition) is 2. The van der Waals surface area contributed by atoms with Gasteiger partial charge in [0.2, 0.25) is 0 Å². The average molecular weight is 252 g/mol. The molecule has 0 atom stereocenters. The van der Waals surface area contributed by atoms with Crippen molar-refractivity contribution in [3.8, 4) is 17.0 Å². The first-order valence-corrected chi connectivity index (χ1v) is 5.70. The van der Waals surface area contributed by atoms with Crippen molar-refractivity contribution >= 4 is 11.6 Å². The van der Waals surface area contributed by atoms with Gasteiger partial charge in [-0.2, -0.15) is 5.10 Å². The number of nitrogens with zero attached hydrogens (tertiary/aromatic N) is 1. The second kappa shape index (κ2) is 5.21. The van der Waals surface area contributed by atoms with Crippen molar-refractivity contribution < 1.29 is 4.74 Å². The minimum atomic E-state index is 0.577. The molecule has 0 bridgehead atoms. The van der Waals surface area contributed by atoms with Gasteiger partial charge in [-0.05, 0) is 30.8 Å². The van der Waals surface area contributed by atoms with E-state index in [2.05, 4.69) is 10.2 Å². The molecule has 0 unspecified atom stereocenters. The van der Waals surface area contributed by atoms with Gasteiger partial charge in [0, 0.05) is 17.7 Å². The molecule has 1 aromatic heterocycles. The number of nitrogens with two attached hydrogens (primary N) is 1. The summed E-state index contributed by atoms with van der Waals surface area (Å²) in [5.74, 6) is 0.660. The van der Waals surface area contributed by atoms with Crippen LogP contribution in [0.15, 0.2) is 24.3 Å². The van der Waals surface area contributed by atoms with Crippen LogP contribution < -0.4 is 10.5 Å². The molecule has 0 amide bonds. The number of methoxy groups -OCH3 is 1. The van der Waals surface area contributed by atoms with Gasteiger partial charge < -0.3 is 10.5 Å². The molecule has 0 aliphatic heterocycles. The van der Waals surface area contributed by atoms with Crippen molar-refractivity contribution in [3.63, 3.8) is 0 Å². The minimum Gasteiger partial charge on any atom is -0.495 e. The maximum Gasteiger partial charge on any atom is 0.137 e. The van der Waals surface area contributed by atoms with E-state index in [4.69, 9.17) is 22.1 Å². The molecule has 5 heteroatoms. The largest absolute Gasteiger partial charge is 0.495 e. The van der Waals surface area contributed by atoms with Gasteiger partial charge in [0.15, 0.2) is 0 Å². The lowest BCUT2D eigenvalue weighted by Gasteiger charge is -2.03. The van der Waals surface area contributed by atoms with Crippen LogP contribution in [0.25, 0.3) is 11.3 Å². The summed E-state index contributed by atoms with van der Waals surface area (Å²) in [6, 6.07) is 7.57. The van der Waals surface area contributed by atoms with E-state index in [0.29, 0.717) is 17.3 Å². The Labute approximate surface area is 105 Å². The monoisotopic (exact) mass is 251 g/mol. The molecule has 1 aromatic carbocycles. The number of halogens is 1. The molecule has 90 valence electrons. The van der Waals surface area contributed by atoms with E-state index in [-0.39, 0.29) is 0 Å². The molecule has 0 aliphatic rings. The molecule has 4 nitrogen and oxygen atoms in total. The highest BCUT2D eigenvalue weighted by Gasteiger charge is 2.07. The lowest BCUT2D eigenvalue weighted by atomic mass is 10.1. The number of aromatic amines is 1. The summed E-state index contributed by atoms with van der Waals surface area (Å²) >= 11 is 6.06. The van der Waals surface area contributed by atoms with Gasteiger partial charge in [0.25, 0.3) is 0 Å². The summed E-state index contributed by atoms with van der Waals surface area (Å²) in [6.07, 6.45) is 0.789. The van der Waals surface area contributed by atoms with Crippen molar-refractivity contribution in [2.75, 3.05) is 13.7 Å². The predicted octanol–water partition coefficient (Wildman–Crippen LogP) is 2.24. The fraction of sp³-hybridized carbons (Fsp3) is 0.250. The molecule has 2 aromatic rings. The molecule has 0 radical (unpaired) electrons. The molecule has 17 heavy (non-hydrogen) atoms. The van der Waals surface area contributed by atoms with Gasteiger partial charge in [-0.1, -0.05) is 11.6 Å². The van der Waals surface area contributed by atoms with E-state index in [9.17, 15) is 0 Å². The van der Waals surface area contributed by atoms with Crippen LogP contribution in [0.4, 0.5) is 0 Å². The second-order valence-corrected chi connectivity index (χ2v) is 4.07. The van der Waals surface area contributed by atoms with Crippen molar-refractivity contribution in [2.24, 2.45) is 5.73 Å². The zero-order valence-electron chi connectivity index (χ0n) is 9.53. The van der Waals surface area contributed by atoms with Crippen molar-refractivity contribution in [3.05, 3.63) is 35.0 Å². The summed E-state index contributed by atoms with van der Waals surface area (Å²) in [7, 11) is 1.59. The Hall–Kier alpha value is -1.52. The Morgan fingerprint density at radius 2 is 2.24 bits per heavy atom. The van der Waals surface area contributed by atoms with E-state index >= 15 is 0 Å². The van der Waals surface area contributed by atoms with Crippen LogP contribution in [-0.4, -0.2) is 23.9 Å². The van der Waals surface area contributed by atoms with Gasteiger partial charge in [0.05, 0.1) is 17.8 Å². The highest BCUT2D eigenvalue weighted by atomic mass is 35.5. The Bertz CT molecular complexity index is 510. The lowest BCUT2D eigenvalue weighted by Crippen LogP contribution is -2.02. The first kappa shape index (κ1) is 12.0. The van der Waals surface area contributed by atoms with Gasteiger partial charge in [0.1, 0.15) is 5.75 Å². The molecule has 3 N–H and O–H groups in total. The minimum absolute atomic E-state index is 0.577. The van der Waals surface area contributed by atoms with E-state index in [1.54, 1.807) is 7.11 Å². The topological polar surface area (TPSA) is 63.9 Å². The zero-order chi connectivity index (χ0) is 12.3. The molecular formula is C12H14ClN3O. The van der Waals surface area contributed by atoms with Gasteiger partial charge in [-0.15, -0.1) is 0 Å². The van der Waals surface area contributed by atoms with Crippen molar-refractivity contribution in [2.45, 2.75) is 6.42 Å². The van der Waals surface area contributed by atoms with Crippen molar-refractivity contribution in [1.82, 2.24) is 10.2 Å². The van der Waals surface area contributed by atoms with Crippen LogP contribution in [0.5, 0.6) is 5.75 Å². The molecule has 0 aliphatic carbocycles. The lowest BCUT2D eigenvalue weighted by molar-refractivity contribution is 0.415. The highest BCUT2D eigenvalue weighted by molar-refractivity contribution is 6.32. The highest BCUT2D eigenvalue weighted by Crippen LogP contribution is 2.29. The Kier molecular flexibility index (Phi) is 3.66. The summed E-state index contributed by atoms with van der Waals surface area (Å²) in [5, 5.41) is 7.75. The van der Waals surface area contributed by atoms with E-state index in [1.807, 2.05) is 24.3 Å². The molecule has 1 heterocycles. The molecule has 0 spiro atoms. The average Bonchev–Trinajstić information content (AvgIpc) is 2.78. The number of benzene rings is 1. The third-order valence-electron chi connectivity index (χ3n) is 2.49. The van der Waals surface area contributed by atoms with Crippen LogP contribution in [0, 0.1) is 0 Å². The smallest absolute Gasteiger partial charge is 0.137 e. The summed E-state index contributed by atoms with van der Waals surface area (Å²) in [4.78, 5) is 0. The number of ether oxygens (including phenoxy) is 1. The predicted molar refractivity (Wildman–Crippen MR) is 68.3 cm³/mol. The number of nitrogens with one attached hydrogen (secondary N) is 1. The van der Waals surface area contributed by atoms with Crippen LogP contribution in [0.1, 0.15) is 5.69 Å². The Morgan fingerprint density at radius 1 is 1.41 bits per heavy atom. The second-order valence-electron chi connectivity index (χ2n) is 3.67. The summed E-state index contributed by atoms with van der Waals surface area (Å²) in [5.41, 5.74) is 8.32. The molecular weight excluding hydrogens is 238 g/mol. The summed E-state index contributed by atoms with van der Waals surface area (Å²) in [6.45, 7) is 0.602. The van der Waals surface area contributed by atoms with Crippen LogP contribution in [0.2, 0.25) is 5.02 Å². The van der Waals surface area contributed by atoms with Gasteiger partial charge >= 0.3 is 0 Å². The number of H-pyrrole nitrogens is 1. The first-order valence-electron chi connectivity index (χ1n) is 5.33. The third-order valence-corrected chi connectivity index (χ3v) is 2.79. The first-order chi connectivity index (χ1) is 8.24. The van der Waals surface area contributed by atoms with Gasteiger partial charge in [-0.3, -0.25) is 5.10 Å². The van der Waals surface area contributed by atoms with Crippen LogP contribution >= 0.6 is 11.6 Å². The standard InChI is InChI=1S/C12H14ClN3O/c1-17-12-3-2-8(6-10(12)13)11-7-9(4-5-14)15-16-11/h2-3,6-7H,4-5,14H2,1H3,(H,15,16). The van der Waals surface area contributed by atoms with E-state index < -0.39 is 0 Å². The summed E-state index contributed by atoms with van der Waals surface area (Å²) < 4.78 is 5.10. The molecule has 0 saturated heterocycles. The maximum atomic E-state index is 6.06. The number of hydrogen-bond acceptors (Lipinski definition) is 3. The van der Waals surface area contributed by atoms with Crippen LogP contribution in [-0.2, 0) is 6.42 Å². The number of aromatic nitrogens is 2. The van der Waals surface area contributed by atoms with Crippen LogP contribution in [0.3, 0.4) is 0 Å². The Balaban J connectivity index is 2.29. The van der Waals surface area contributed by atoms with Gasteiger partial charge in [-0.25, -0.2) is 0 Å². The third kappa shape index (κ3) is 2.60. The molecule has 0 saturated carbocycles. The van der Waals surface area contributed by atoms with Crippen molar-refractivity contribution in [1.29, 1.82) is 0 Å². The normalized spacial score (nSPS) is 10.5. The fourth-order valence-corrected chi connectivity index (χ4v) is 1.88. The maximum absolute atomic E-state index is 6.06. The number of rotatable bonds is 4. The van der Waals surface area contributed by atoms with E-state index in [1.165, 1.54) is 0 Å². The SMILES string of the molecule is COc1ccc(-c2cc(CCN)[nH]n2)cc1Cl. The van der Waals surface area contributed by atoms with E-state index in [0.717, 1.165) is 23.4 Å². The Morgan fingerprint density at radius 3 is 2.88 bits per heavy atom. The molecule has 2 rings (SSSR count). The molecule has 0 fully saturated rings.